The minimum Gasteiger partial charge on any atom is -0.481 e. The van der Waals surface area contributed by atoms with Gasteiger partial charge in [0.05, 0.1) is 9.80 Å². The Kier molecular flexibility index (Phi) is 4.52. The van der Waals surface area contributed by atoms with E-state index in [1.54, 1.807) is 18.3 Å². The van der Waals surface area contributed by atoms with Gasteiger partial charge in [0.2, 0.25) is 0 Å². The zero-order valence-electron chi connectivity index (χ0n) is 11.3. The largest absolute Gasteiger partial charge is 0.481 e. The fraction of sp³-hybridized carbons (Fsp3) is 0.308. The Hall–Kier alpha value is -2.15. The number of thiazole rings is 1. The highest BCUT2D eigenvalue weighted by Gasteiger charge is 2.15. The zero-order chi connectivity index (χ0) is 14.5. The molecule has 0 amide bonds. The van der Waals surface area contributed by atoms with Crippen molar-refractivity contribution in [2.75, 3.05) is 11.9 Å². The smallest absolute Gasteiger partial charge is 0.310 e. The number of hydrogen-bond acceptors (Lipinski definition) is 6. The van der Waals surface area contributed by atoms with E-state index in [0.717, 1.165) is 22.1 Å². The van der Waals surface area contributed by atoms with Gasteiger partial charge in [-0.1, -0.05) is 17.4 Å². The second kappa shape index (κ2) is 6.33. The summed E-state index contributed by atoms with van der Waals surface area (Å²) in [5.41, 5.74) is 0.898. The van der Waals surface area contributed by atoms with Crippen LogP contribution < -0.4 is 10.1 Å². The van der Waals surface area contributed by atoms with E-state index in [-0.39, 0.29) is 18.0 Å². The van der Waals surface area contributed by atoms with E-state index in [2.05, 4.69) is 10.3 Å². The van der Waals surface area contributed by atoms with Crippen molar-refractivity contribution in [3.63, 3.8) is 0 Å². The average Bonchev–Trinajstić information content (AvgIpc) is 2.84. The summed E-state index contributed by atoms with van der Waals surface area (Å²) in [5, 5.41) is 14.9. The molecule has 0 atom stereocenters. The summed E-state index contributed by atoms with van der Waals surface area (Å²) in [7, 11) is 0. The Morgan fingerprint density at radius 1 is 1.50 bits per heavy atom. The standard InChI is InChI=1S/C13H15N3O3S/c1-3-14-13-15-7-10(20-13)8-19-12-6-9(2)4-5-11(12)16(17)18/h4-7H,3,8H2,1-2H3,(H,14,15). The number of nitrogens with one attached hydrogen (secondary N) is 1. The number of aryl methyl sites for hydroxylation is 1. The summed E-state index contributed by atoms with van der Waals surface area (Å²) in [6.45, 7) is 4.94. The summed E-state index contributed by atoms with van der Waals surface area (Å²) >= 11 is 1.48. The monoisotopic (exact) mass is 293 g/mol. The average molecular weight is 293 g/mol. The normalized spacial score (nSPS) is 10.3. The highest BCUT2D eigenvalue weighted by Crippen LogP contribution is 2.29. The number of rotatable bonds is 6. The molecule has 7 heteroatoms. The molecule has 6 nitrogen and oxygen atoms in total. The number of ether oxygens (including phenoxy) is 1. The summed E-state index contributed by atoms with van der Waals surface area (Å²) in [5.74, 6) is 0.286. The number of hydrogen-bond donors (Lipinski definition) is 1. The zero-order valence-corrected chi connectivity index (χ0v) is 12.1. The maximum Gasteiger partial charge on any atom is 0.310 e. The lowest BCUT2D eigenvalue weighted by Crippen LogP contribution is -1.98. The fourth-order valence-electron chi connectivity index (χ4n) is 1.64. The molecule has 1 heterocycles. The van der Waals surface area contributed by atoms with E-state index < -0.39 is 4.92 Å². The van der Waals surface area contributed by atoms with Gasteiger partial charge in [-0.2, -0.15) is 0 Å². The molecule has 0 unspecified atom stereocenters. The van der Waals surface area contributed by atoms with Crippen LogP contribution in [0, 0.1) is 17.0 Å². The molecule has 0 saturated carbocycles. The van der Waals surface area contributed by atoms with Crippen LogP contribution in [0.1, 0.15) is 17.4 Å². The van der Waals surface area contributed by atoms with Crippen LogP contribution in [0.15, 0.2) is 24.4 Å². The number of benzene rings is 1. The van der Waals surface area contributed by atoms with Crippen LogP contribution in [-0.2, 0) is 6.61 Å². The van der Waals surface area contributed by atoms with Crippen LogP contribution in [0.4, 0.5) is 10.8 Å². The third kappa shape index (κ3) is 3.45. The fourth-order valence-corrected chi connectivity index (χ4v) is 2.44. The Morgan fingerprint density at radius 3 is 3.00 bits per heavy atom. The van der Waals surface area contributed by atoms with Crippen molar-refractivity contribution in [1.29, 1.82) is 0 Å². The van der Waals surface area contributed by atoms with Gasteiger partial charge in [0, 0.05) is 18.8 Å². The van der Waals surface area contributed by atoms with Gasteiger partial charge in [0.15, 0.2) is 10.9 Å². The minimum absolute atomic E-state index is 0.0213. The van der Waals surface area contributed by atoms with Crippen molar-refractivity contribution >= 4 is 22.2 Å². The number of anilines is 1. The molecule has 0 aliphatic rings. The third-order valence-electron chi connectivity index (χ3n) is 2.56. The van der Waals surface area contributed by atoms with Crippen LogP contribution in [0.5, 0.6) is 5.75 Å². The quantitative estimate of drug-likeness (QED) is 0.652. The Morgan fingerprint density at radius 2 is 2.30 bits per heavy atom. The molecule has 0 saturated heterocycles. The molecule has 0 aliphatic carbocycles. The molecule has 106 valence electrons. The lowest BCUT2D eigenvalue weighted by molar-refractivity contribution is -0.385. The summed E-state index contributed by atoms with van der Waals surface area (Å²) in [6, 6.07) is 4.83. The van der Waals surface area contributed by atoms with E-state index in [1.165, 1.54) is 17.4 Å². The number of nitro benzene ring substituents is 1. The van der Waals surface area contributed by atoms with Crippen LogP contribution in [0.2, 0.25) is 0 Å². The maximum absolute atomic E-state index is 10.9. The topological polar surface area (TPSA) is 77.3 Å². The molecule has 0 fully saturated rings. The van der Waals surface area contributed by atoms with Crippen LogP contribution in [0.3, 0.4) is 0 Å². The Bertz CT molecular complexity index is 613. The van der Waals surface area contributed by atoms with Gasteiger partial charge in [-0.25, -0.2) is 4.98 Å². The molecule has 1 aromatic carbocycles. The number of nitrogens with zero attached hydrogens (tertiary/aromatic N) is 2. The third-order valence-corrected chi connectivity index (χ3v) is 3.49. The summed E-state index contributed by atoms with van der Waals surface area (Å²) in [4.78, 5) is 15.6. The van der Waals surface area contributed by atoms with Crippen molar-refractivity contribution < 1.29 is 9.66 Å². The molecule has 0 radical (unpaired) electrons. The minimum atomic E-state index is -0.439. The summed E-state index contributed by atoms with van der Waals surface area (Å²) in [6.07, 6.45) is 1.71. The molecule has 1 aromatic heterocycles. The van der Waals surface area contributed by atoms with Crippen molar-refractivity contribution in [3.05, 3.63) is 45.0 Å². The highest BCUT2D eigenvalue weighted by molar-refractivity contribution is 7.15. The molecule has 2 rings (SSSR count). The van der Waals surface area contributed by atoms with Gasteiger partial charge >= 0.3 is 5.69 Å². The second-order valence-electron chi connectivity index (χ2n) is 4.18. The van der Waals surface area contributed by atoms with Crippen molar-refractivity contribution in [3.8, 4) is 5.75 Å². The Balaban J connectivity index is 2.09. The first kappa shape index (κ1) is 14.3. The lowest BCUT2D eigenvalue weighted by atomic mass is 10.2. The first-order valence-electron chi connectivity index (χ1n) is 6.16. The predicted octanol–water partition coefficient (Wildman–Crippen LogP) is 3.37. The van der Waals surface area contributed by atoms with E-state index in [4.69, 9.17) is 4.74 Å². The van der Waals surface area contributed by atoms with Gasteiger partial charge in [-0.3, -0.25) is 10.1 Å². The number of nitro groups is 1. The van der Waals surface area contributed by atoms with Crippen molar-refractivity contribution in [2.24, 2.45) is 0 Å². The second-order valence-corrected chi connectivity index (χ2v) is 5.29. The molecule has 0 spiro atoms. The predicted molar refractivity (Wildman–Crippen MR) is 78.4 cm³/mol. The van der Waals surface area contributed by atoms with Crippen molar-refractivity contribution in [2.45, 2.75) is 20.5 Å². The maximum atomic E-state index is 10.9. The molecule has 0 aliphatic heterocycles. The Labute approximate surface area is 120 Å². The first-order chi connectivity index (χ1) is 9.60. The van der Waals surface area contributed by atoms with Gasteiger partial charge in [0.25, 0.3) is 0 Å². The van der Waals surface area contributed by atoms with Gasteiger partial charge in [0.1, 0.15) is 6.61 Å². The van der Waals surface area contributed by atoms with Crippen molar-refractivity contribution in [1.82, 2.24) is 4.98 Å². The number of aromatic nitrogens is 1. The van der Waals surface area contributed by atoms with Crippen LogP contribution in [-0.4, -0.2) is 16.5 Å². The van der Waals surface area contributed by atoms with Crippen LogP contribution >= 0.6 is 11.3 Å². The van der Waals surface area contributed by atoms with E-state index >= 15 is 0 Å². The molecular formula is C13H15N3O3S. The lowest BCUT2D eigenvalue weighted by Gasteiger charge is -2.06. The van der Waals surface area contributed by atoms with E-state index in [0.29, 0.717) is 0 Å². The van der Waals surface area contributed by atoms with Crippen LogP contribution in [0.25, 0.3) is 0 Å². The van der Waals surface area contributed by atoms with Gasteiger partial charge in [-0.05, 0) is 25.5 Å². The molecule has 1 N–H and O–H groups in total. The summed E-state index contributed by atoms with van der Waals surface area (Å²) < 4.78 is 5.56. The van der Waals surface area contributed by atoms with Gasteiger partial charge < -0.3 is 10.1 Å². The first-order valence-corrected chi connectivity index (χ1v) is 6.98. The molecule has 0 bridgehead atoms. The van der Waals surface area contributed by atoms with E-state index in [1.807, 2.05) is 13.8 Å². The van der Waals surface area contributed by atoms with Gasteiger partial charge in [-0.15, -0.1) is 0 Å². The molecule has 20 heavy (non-hydrogen) atoms. The van der Waals surface area contributed by atoms with E-state index in [9.17, 15) is 10.1 Å². The molecular weight excluding hydrogens is 278 g/mol. The molecule has 2 aromatic rings. The highest BCUT2D eigenvalue weighted by atomic mass is 32.1. The SMILES string of the molecule is CCNc1ncc(COc2cc(C)ccc2[N+](=O)[O-])s1.